The molecule has 1 aliphatic heterocycles. The van der Waals surface area contributed by atoms with Crippen LogP contribution in [0.2, 0.25) is 0 Å². The Morgan fingerprint density at radius 3 is 3.10 bits per heavy atom. The van der Waals surface area contributed by atoms with E-state index in [1.807, 2.05) is 0 Å². The summed E-state index contributed by atoms with van der Waals surface area (Å²) >= 11 is 1.63. The molecule has 0 saturated carbocycles. The summed E-state index contributed by atoms with van der Waals surface area (Å²) in [5.41, 5.74) is 0. The minimum atomic E-state index is -0.145. The van der Waals surface area contributed by atoms with Crippen LogP contribution >= 0.6 is 11.8 Å². The Hall–Kier alpha value is -0.220. The molecule has 3 nitrogen and oxygen atoms in total. The van der Waals surface area contributed by atoms with Crippen LogP contribution < -0.4 is 5.32 Å². The maximum Gasteiger partial charge on any atom is 0.320 e. The summed E-state index contributed by atoms with van der Waals surface area (Å²) in [7, 11) is 1.41. The molecule has 57 valence electrons. The molecule has 1 rings (SSSR count). The van der Waals surface area contributed by atoms with E-state index in [2.05, 4.69) is 10.1 Å². The number of ether oxygens (including phenoxy) is 1. The quantitative estimate of drug-likeness (QED) is 0.502. The van der Waals surface area contributed by atoms with Gasteiger partial charge in [0.2, 0.25) is 0 Å². The van der Waals surface area contributed by atoms with Crippen LogP contribution in [0.15, 0.2) is 0 Å². The van der Waals surface area contributed by atoms with Crippen molar-refractivity contribution < 1.29 is 9.53 Å². The van der Waals surface area contributed by atoms with Crippen molar-refractivity contribution in [3.8, 4) is 0 Å². The number of carbonyl (C=O) groups is 1. The number of rotatable bonds is 1. The zero-order chi connectivity index (χ0) is 7.40. The Bertz CT molecular complexity index is 123. The van der Waals surface area contributed by atoms with E-state index < -0.39 is 0 Å². The Balaban J connectivity index is 2.31. The monoisotopic (exact) mass is 160 g/mol. The largest absolute Gasteiger partial charge is 0.468 e. The van der Waals surface area contributed by atoms with E-state index >= 15 is 0 Å². The summed E-state index contributed by atoms with van der Waals surface area (Å²) in [6, 6.07) is 0. The minimum absolute atomic E-state index is 0.0428. The van der Waals surface area contributed by atoms with Gasteiger partial charge in [0.1, 0.15) is 5.25 Å². The van der Waals surface area contributed by atoms with Gasteiger partial charge in [-0.3, -0.25) is 4.79 Å². The third-order valence-electron chi connectivity index (χ3n) is 1.33. The number of hydrogen-bond donors (Lipinski definition) is 0. The second-order valence-corrected chi connectivity index (χ2v) is 3.32. The lowest BCUT2D eigenvalue weighted by atomic mass is 10.4. The molecule has 0 spiro atoms. The van der Waals surface area contributed by atoms with E-state index in [4.69, 9.17) is 0 Å². The lowest BCUT2D eigenvalue weighted by Gasteiger charge is -2.18. The molecule has 1 radical (unpaired) electrons. The van der Waals surface area contributed by atoms with Gasteiger partial charge in [-0.25, -0.2) is 5.32 Å². The van der Waals surface area contributed by atoms with E-state index in [-0.39, 0.29) is 11.2 Å². The van der Waals surface area contributed by atoms with Crippen LogP contribution in [0.3, 0.4) is 0 Å². The summed E-state index contributed by atoms with van der Waals surface area (Å²) in [6.45, 7) is 1.50. The van der Waals surface area contributed by atoms with Gasteiger partial charge in [-0.05, 0) is 0 Å². The van der Waals surface area contributed by atoms with E-state index in [1.165, 1.54) is 7.11 Å². The molecule has 1 fully saturated rings. The summed E-state index contributed by atoms with van der Waals surface area (Å²) in [6.07, 6.45) is 0. The SMILES string of the molecule is COC(=O)C1C[N]CCS1. The van der Waals surface area contributed by atoms with Crippen LogP contribution in [-0.2, 0) is 9.53 Å². The van der Waals surface area contributed by atoms with Gasteiger partial charge in [0.15, 0.2) is 0 Å². The average Bonchev–Trinajstić information content (AvgIpc) is 2.05. The van der Waals surface area contributed by atoms with Crippen LogP contribution in [0, 0.1) is 0 Å². The van der Waals surface area contributed by atoms with E-state index in [0.29, 0.717) is 6.54 Å². The number of nitrogens with zero attached hydrogens (tertiary/aromatic N) is 1. The second-order valence-electron chi connectivity index (χ2n) is 2.01. The number of hydrogen-bond acceptors (Lipinski definition) is 3. The van der Waals surface area contributed by atoms with Crippen molar-refractivity contribution in [3.63, 3.8) is 0 Å². The summed E-state index contributed by atoms with van der Waals surface area (Å²) in [4.78, 5) is 10.9. The molecule has 1 heterocycles. The fourth-order valence-corrected chi connectivity index (χ4v) is 1.76. The molecule has 0 amide bonds. The molecule has 0 aliphatic carbocycles. The highest BCUT2D eigenvalue weighted by atomic mass is 32.2. The van der Waals surface area contributed by atoms with Gasteiger partial charge in [0.05, 0.1) is 7.11 Å². The lowest BCUT2D eigenvalue weighted by Crippen LogP contribution is -2.34. The van der Waals surface area contributed by atoms with Gasteiger partial charge in [-0.15, -0.1) is 11.8 Å². The smallest absolute Gasteiger partial charge is 0.320 e. The lowest BCUT2D eigenvalue weighted by molar-refractivity contribution is -0.139. The first-order chi connectivity index (χ1) is 4.84. The first-order valence-electron chi connectivity index (χ1n) is 3.17. The maximum atomic E-state index is 10.9. The molecule has 0 aromatic rings. The van der Waals surface area contributed by atoms with Crippen molar-refractivity contribution in [2.24, 2.45) is 0 Å². The summed E-state index contributed by atoms with van der Waals surface area (Å²) < 4.78 is 4.57. The van der Waals surface area contributed by atoms with Crippen LogP contribution in [0.1, 0.15) is 0 Å². The Kier molecular flexibility index (Phi) is 3.02. The molecular weight excluding hydrogens is 150 g/mol. The third-order valence-corrected chi connectivity index (χ3v) is 2.49. The van der Waals surface area contributed by atoms with E-state index in [9.17, 15) is 4.79 Å². The molecule has 0 N–H and O–H groups in total. The Labute approximate surface area is 64.5 Å². The molecule has 1 unspecified atom stereocenters. The highest BCUT2D eigenvalue weighted by molar-refractivity contribution is 8.00. The standard InChI is InChI=1S/C6H10NO2S/c1-9-6(8)5-4-7-2-3-10-5/h5H,2-4H2,1H3. The second kappa shape index (κ2) is 3.83. The zero-order valence-electron chi connectivity index (χ0n) is 5.87. The van der Waals surface area contributed by atoms with Crippen molar-refractivity contribution in [1.29, 1.82) is 0 Å². The van der Waals surface area contributed by atoms with Crippen molar-refractivity contribution in [3.05, 3.63) is 0 Å². The van der Waals surface area contributed by atoms with E-state index in [1.54, 1.807) is 11.8 Å². The summed E-state index contributed by atoms with van der Waals surface area (Å²) in [5.74, 6) is 0.799. The molecule has 0 aromatic heterocycles. The molecule has 0 aromatic carbocycles. The molecule has 1 atom stereocenters. The molecular formula is C6H10NO2S. The number of methoxy groups -OCH3 is 1. The number of carbonyl (C=O) groups excluding carboxylic acids is 1. The minimum Gasteiger partial charge on any atom is -0.468 e. The highest BCUT2D eigenvalue weighted by Crippen LogP contribution is 2.14. The number of esters is 1. The number of thioether (sulfide) groups is 1. The normalized spacial score (nSPS) is 25.9. The van der Waals surface area contributed by atoms with Gasteiger partial charge >= 0.3 is 5.97 Å². The van der Waals surface area contributed by atoms with Crippen LogP contribution in [0.4, 0.5) is 0 Å². The van der Waals surface area contributed by atoms with Crippen molar-refractivity contribution in [2.45, 2.75) is 5.25 Å². The first kappa shape index (κ1) is 7.88. The molecule has 4 heteroatoms. The van der Waals surface area contributed by atoms with Gasteiger partial charge in [-0.2, -0.15) is 0 Å². The Morgan fingerprint density at radius 2 is 2.60 bits per heavy atom. The van der Waals surface area contributed by atoms with Crippen molar-refractivity contribution in [1.82, 2.24) is 5.32 Å². The zero-order valence-corrected chi connectivity index (χ0v) is 6.69. The fraction of sp³-hybridized carbons (Fsp3) is 0.833. The Morgan fingerprint density at radius 1 is 1.80 bits per heavy atom. The van der Waals surface area contributed by atoms with Crippen molar-refractivity contribution in [2.75, 3.05) is 26.0 Å². The molecule has 1 saturated heterocycles. The van der Waals surface area contributed by atoms with Gasteiger partial charge < -0.3 is 4.74 Å². The van der Waals surface area contributed by atoms with Gasteiger partial charge in [-0.1, -0.05) is 0 Å². The first-order valence-corrected chi connectivity index (χ1v) is 4.22. The van der Waals surface area contributed by atoms with E-state index in [0.717, 1.165) is 12.3 Å². The van der Waals surface area contributed by atoms with Crippen LogP contribution in [-0.4, -0.2) is 37.2 Å². The highest BCUT2D eigenvalue weighted by Gasteiger charge is 2.22. The van der Waals surface area contributed by atoms with Crippen molar-refractivity contribution >= 4 is 17.7 Å². The third kappa shape index (κ3) is 1.88. The fourth-order valence-electron chi connectivity index (χ4n) is 0.795. The average molecular weight is 160 g/mol. The van der Waals surface area contributed by atoms with Gasteiger partial charge in [0.25, 0.3) is 0 Å². The topological polar surface area (TPSA) is 40.4 Å². The summed E-state index contributed by atoms with van der Waals surface area (Å²) in [5, 5.41) is 4.06. The molecule has 10 heavy (non-hydrogen) atoms. The van der Waals surface area contributed by atoms with Crippen LogP contribution in [0.5, 0.6) is 0 Å². The predicted molar refractivity (Wildman–Crippen MR) is 40.1 cm³/mol. The van der Waals surface area contributed by atoms with Gasteiger partial charge in [0, 0.05) is 18.8 Å². The van der Waals surface area contributed by atoms with Crippen LogP contribution in [0.25, 0.3) is 0 Å². The molecule has 1 aliphatic rings. The predicted octanol–water partition coefficient (Wildman–Crippen LogP) is -0.121. The molecule has 0 bridgehead atoms. The maximum absolute atomic E-state index is 10.9.